The number of esters is 2. The summed E-state index contributed by atoms with van der Waals surface area (Å²) in [4.78, 5) is 24.5. The molecule has 1 aliphatic rings. The summed E-state index contributed by atoms with van der Waals surface area (Å²) in [6.45, 7) is 6.03. The zero-order valence-electron chi connectivity index (χ0n) is 15.6. The maximum atomic E-state index is 12.8. The Morgan fingerprint density at radius 3 is 2.56 bits per heavy atom. The molecule has 142 valence electrons. The number of fused-ring (bicyclic) bond motifs is 1. The van der Waals surface area contributed by atoms with Gasteiger partial charge in [-0.25, -0.2) is 9.59 Å². The van der Waals surface area contributed by atoms with E-state index in [4.69, 9.17) is 9.47 Å². The van der Waals surface area contributed by atoms with Crippen molar-refractivity contribution in [1.29, 1.82) is 0 Å². The minimum atomic E-state index is -0.567. The summed E-state index contributed by atoms with van der Waals surface area (Å²) in [5.74, 6) is -0.224. The van der Waals surface area contributed by atoms with Crippen LogP contribution in [0.3, 0.4) is 0 Å². The van der Waals surface area contributed by atoms with Gasteiger partial charge >= 0.3 is 11.9 Å². The number of carbonyl (C=O) groups is 2. The maximum Gasteiger partial charge on any atom is 0.338 e. The highest BCUT2D eigenvalue weighted by Gasteiger charge is 2.35. The molecular weight excluding hydrogens is 350 g/mol. The third-order valence-corrected chi connectivity index (χ3v) is 4.13. The monoisotopic (exact) mass is 371 g/mol. The summed E-state index contributed by atoms with van der Waals surface area (Å²) >= 11 is 0. The standard InChI is InChI=1S/C18H21N5O4/c1-10(2)9-27-17(25)14-11(3)19-18-20-21-22-23(18)15(14)12-5-7-13(8-6-12)16(24)26-4/h5-8,10,15H,9H2,1-4H3,(H,19,20,22). The van der Waals surface area contributed by atoms with Gasteiger partial charge in [-0.2, -0.15) is 4.68 Å². The molecule has 0 saturated heterocycles. The van der Waals surface area contributed by atoms with Crippen LogP contribution in [0, 0.1) is 5.92 Å². The van der Waals surface area contributed by atoms with Gasteiger partial charge in [-0.05, 0) is 41.0 Å². The summed E-state index contributed by atoms with van der Waals surface area (Å²) in [5.41, 5.74) is 2.19. The number of anilines is 1. The van der Waals surface area contributed by atoms with Gasteiger partial charge in [0.1, 0.15) is 6.04 Å². The Morgan fingerprint density at radius 2 is 1.93 bits per heavy atom. The Balaban J connectivity index is 2.01. The summed E-state index contributed by atoms with van der Waals surface area (Å²) in [7, 11) is 1.32. The molecule has 1 aromatic carbocycles. The second kappa shape index (κ2) is 7.56. The lowest BCUT2D eigenvalue weighted by Crippen LogP contribution is -2.30. The van der Waals surface area contributed by atoms with Crippen molar-refractivity contribution < 1.29 is 19.1 Å². The molecule has 2 heterocycles. The van der Waals surface area contributed by atoms with Crippen molar-refractivity contribution in [1.82, 2.24) is 20.2 Å². The molecule has 0 spiro atoms. The lowest BCUT2D eigenvalue weighted by molar-refractivity contribution is -0.140. The minimum absolute atomic E-state index is 0.216. The number of nitrogens with one attached hydrogen (secondary N) is 1. The van der Waals surface area contributed by atoms with E-state index in [1.54, 1.807) is 31.2 Å². The van der Waals surface area contributed by atoms with Crippen molar-refractivity contribution in [2.75, 3.05) is 19.0 Å². The first-order valence-electron chi connectivity index (χ1n) is 8.53. The second-order valence-electron chi connectivity index (χ2n) is 6.62. The van der Waals surface area contributed by atoms with E-state index in [2.05, 4.69) is 20.8 Å². The smallest absolute Gasteiger partial charge is 0.338 e. The van der Waals surface area contributed by atoms with E-state index in [1.165, 1.54) is 11.8 Å². The highest BCUT2D eigenvalue weighted by Crippen LogP contribution is 2.35. The summed E-state index contributed by atoms with van der Waals surface area (Å²) in [6, 6.07) is 6.20. The van der Waals surface area contributed by atoms with E-state index >= 15 is 0 Å². The fourth-order valence-corrected chi connectivity index (χ4v) is 2.82. The SMILES string of the molecule is COC(=O)c1ccc(C2C(C(=O)OCC(C)C)=C(C)Nc3nnnn32)cc1. The molecular formula is C18H21N5O4. The number of rotatable bonds is 5. The second-order valence-corrected chi connectivity index (χ2v) is 6.62. The van der Waals surface area contributed by atoms with Gasteiger partial charge < -0.3 is 14.8 Å². The minimum Gasteiger partial charge on any atom is -0.465 e. The summed E-state index contributed by atoms with van der Waals surface area (Å²) in [6.07, 6.45) is 0. The molecule has 0 radical (unpaired) electrons. The third kappa shape index (κ3) is 3.67. The lowest BCUT2D eigenvalue weighted by atomic mass is 9.95. The van der Waals surface area contributed by atoms with Crippen LogP contribution < -0.4 is 5.32 Å². The zero-order valence-corrected chi connectivity index (χ0v) is 15.6. The first-order chi connectivity index (χ1) is 12.9. The van der Waals surface area contributed by atoms with E-state index in [1.807, 2.05) is 13.8 Å². The number of aromatic nitrogens is 4. The number of hydrogen-bond donors (Lipinski definition) is 1. The number of carbonyl (C=O) groups excluding carboxylic acids is 2. The molecule has 9 heteroatoms. The maximum absolute atomic E-state index is 12.8. The van der Waals surface area contributed by atoms with Crippen LogP contribution in [-0.2, 0) is 14.3 Å². The van der Waals surface area contributed by atoms with E-state index in [0.29, 0.717) is 29.4 Å². The highest BCUT2D eigenvalue weighted by atomic mass is 16.5. The molecule has 1 unspecified atom stereocenters. The Hall–Kier alpha value is -3.23. The van der Waals surface area contributed by atoms with Gasteiger partial charge in [0.25, 0.3) is 0 Å². The van der Waals surface area contributed by atoms with Gasteiger partial charge in [0, 0.05) is 5.70 Å². The quantitative estimate of drug-likeness (QED) is 0.795. The van der Waals surface area contributed by atoms with Crippen LogP contribution in [0.4, 0.5) is 5.95 Å². The molecule has 1 atom stereocenters. The van der Waals surface area contributed by atoms with Crippen LogP contribution in [0.15, 0.2) is 35.5 Å². The van der Waals surface area contributed by atoms with Crippen LogP contribution in [0.5, 0.6) is 0 Å². The Morgan fingerprint density at radius 1 is 1.22 bits per heavy atom. The Bertz CT molecular complexity index is 885. The van der Waals surface area contributed by atoms with Crippen molar-refractivity contribution in [3.63, 3.8) is 0 Å². The number of nitrogens with zero attached hydrogens (tertiary/aromatic N) is 4. The first kappa shape index (κ1) is 18.6. The van der Waals surface area contributed by atoms with Crippen LogP contribution >= 0.6 is 0 Å². The topological polar surface area (TPSA) is 108 Å². The number of benzene rings is 1. The van der Waals surface area contributed by atoms with Crippen molar-refractivity contribution >= 4 is 17.9 Å². The van der Waals surface area contributed by atoms with Gasteiger partial charge in [0.05, 0.1) is 24.9 Å². The van der Waals surface area contributed by atoms with Crippen molar-refractivity contribution in [3.8, 4) is 0 Å². The highest BCUT2D eigenvalue weighted by molar-refractivity contribution is 5.92. The number of allylic oxidation sites excluding steroid dienone is 1. The molecule has 1 N–H and O–H groups in total. The number of tetrazole rings is 1. The molecule has 9 nitrogen and oxygen atoms in total. The molecule has 0 bridgehead atoms. The number of methoxy groups -OCH3 is 1. The van der Waals surface area contributed by atoms with Gasteiger partial charge in [0.2, 0.25) is 5.95 Å². The van der Waals surface area contributed by atoms with Gasteiger partial charge in [-0.3, -0.25) is 0 Å². The van der Waals surface area contributed by atoms with Gasteiger partial charge in [-0.1, -0.05) is 31.1 Å². The van der Waals surface area contributed by atoms with Gasteiger partial charge in [-0.15, -0.1) is 0 Å². The van der Waals surface area contributed by atoms with E-state index in [9.17, 15) is 9.59 Å². The van der Waals surface area contributed by atoms with Gasteiger partial charge in [0.15, 0.2) is 0 Å². The van der Waals surface area contributed by atoms with Crippen LogP contribution in [-0.4, -0.2) is 45.9 Å². The van der Waals surface area contributed by atoms with Crippen molar-refractivity contribution in [3.05, 3.63) is 46.7 Å². The molecule has 1 aromatic heterocycles. The van der Waals surface area contributed by atoms with Crippen LogP contribution in [0.25, 0.3) is 0 Å². The largest absolute Gasteiger partial charge is 0.465 e. The molecule has 27 heavy (non-hydrogen) atoms. The Labute approximate surface area is 156 Å². The third-order valence-electron chi connectivity index (χ3n) is 4.13. The predicted molar refractivity (Wildman–Crippen MR) is 95.9 cm³/mol. The van der Waals surface area contributed by atoms with E-state index in [-0.39, 0.29) is 5.92 Å². The van der Waals surface area contributed by atoms with Crippen molar-refractivity contribution in [2.45, 2.75) is 26.8 Å². The zero-order chi connectivity index (χ0) is 19.6. The number of ether oxygens (including phenoxy) is 2. The van der Waals surface area contributed by atoms with E-state index in [0.717, 1.165) is 5.56 Å². The fourth-order valence-electron chi connectivity index (χ4n) is 2.82. The molecule has 0 amide bonds. The molecule has 3 rings (SSSR count). The average Bonchev–Trinajstić information content (AvgIpc) is 3.12. The first-order valence-corrected chi connectivity index (χ1v) is 8.53. The lowest BCUT2D eigenvalue weighted by Gasteiger charge is -2.27. The molecule has 0 saturated carbocycles. The van der Waals surface area contributed by atoms with E-state index < -0.39 is 18.0 Å². The predicted octanol–water partition coefficient (Wildman–Crippen LogP) is 1.95. The normalized spacial score (nSPS) is 16.0. The molecule has 0 fully saturated rings. The molecule has 0 aliphatic carbocycles. The number of hydrogen-bond acceptors (Lipinski definition) is 8. The summed E-state index contributed by atoms with van der Waals surface area (Å²) < 4.78 is 11.7. The fraction of sp³-hybridized carbons (Fsp3) is 0.389. The molecule has 2 aromatic rings. The molecule has 1 aliphatic heterocycles. The summed E-state index contributed by atoms with van der Waals surface area (Å²) in [5, 5.41) is 14.7. The van der Waals surface area contributed by atoms with Crippen molar-refractivity contribution in [2.24, 2.45) is 5.92 Å². The Kier molecular flexibility index (Phi) is 5.20. The van der Waals surface area contributed by atoms with Crippen LogP contribution in [0.1, 0.15) is 42.7 Å². The van der Waals surface area contributed by atoms with Crippen LogP contribution in [0.2, 0.25) is 0 Å². The average molecular weight is 371 g/mol.